The van der Waals surface area contributed by atoms with E-state index in [0.717, 1.165) is 11.1 Å². The predicted molar refractivity (Wildman–Crippen MR) is 95.1 cm³/mol. The maximum absolute atomic E-state index is 12.1. The first-order chi connectivity index (χ1) is 12.1. The molecule has 0 saturated carbocycles. The molecule has 3 rings (SSSR count). The molecule has 0 aliphatic carbocycles. The zero-order chi connectivity index (χ0) is 17.6. The van der Waals surface area contributed by atoms with Crippen LogP contribution in [0.2, 0.25) is 0 Å². The lowest BCUT2D eigenvalue weighted by molar-refractivity contribution is -0.133. The molecule has 7 heteroatoms. The molecule has 0 bridgehead atoms. The van der Waals surface area contributed by atoms with Crippen LogP contribution in [-0.2, 0) is 16.1 Å². The molecule has 2 heterocycles. The largest absolute Gasteiger partial charge is 0.451 e. The van der Waals surface area contributed by atoms with Gasteiger partial charge < -0.3 is 9.64 Å². The number of carbonyl (C=O) groups excluding carboxylic acids is 2. The van der Waals surface area contributed by atoms with Crippen molar-refractivity contribution in [2.24, 2.45) is 0 Å². The zero-order valence-corrected chi connectivity index (χ0v) is 14.5. The first kappa shape index (κ1) is 16.9. The summed E-state index contributed by atoms with van der Waals surface area (Å²) in [7, 11) is 1.68. The average Bonchev–Trinajstić information content (AvgIpc) is 3.32. The molecule has 2 aromatic heterocycles. The number of benzene rings is 1. The van der Waals surface area contributed by atoms with Crippen molar-refractivity contribution in [3.8, 4) is 11.3 Å². The third-order valence-electron chi connectivity index (χ3n) is 3.62. The van der Waals surface area contributed by atoms with Crippen LogP contribution in [-0.4, -0.2) is 40.6 Å². The third-order valence-corrected chi connectivity index (χ3v) is 4.35. The third kappa shape index (κ3) is 4.33. The number of aromatic amines is 1. The molecule has 0 aliphatic rings. The summed E-state index contributed by atoms with van der Waals surface area (Å²) < 4.78 is 5.08. The van der Waals surface area contributed by atoms with Gasteiger partial charge in [0.1, 0.15) is 5.69 Å². The van der Waals surface area contributed by atoms with Crippen molar-refractivity contribution in [3.05, 3.63) is 64.5 Å². The summed E-state index contributed by atoms with van der Waals surface area (Å²) in [5, 5.41) is 10.7. The number of hydrogen-bond donors (Lipinski definition) is 1. The maximum Gasteiger partial charge on any atom is 0.356 e. The van der Waals surface area contributed by atoms with Gasteiger partial charge in [-0.25, -0.2) is 4.79 Å². The van der Waals surface area contributed by atoms with Gasteiger partial charge in [0.15, 0.2) is 6.61 Å². The second kappa shape index (κ2) is 7.76. The Morgan fingerprint density at radius 1 is 1.24 bits per heavy atom. The number of H-pyrrole nitrogens is 1. The summed E-state index contributed by atoms with van der Waals surface area (Å²) in [5.41, 5.74) is 2.80. The van der Waals surface area contributed by atoms with Crippen molar-refractivity contribution in [1.29, 1.82) is 0 Å². The molecule has 1 aromatic carbocycles. The zero-order valence-electron chi connectivity index (χ0n) is 13.6. The van der Waals surface area contributed by atoms with Gasteiger partial charge in [-0.15, -0.1) is 0 Å². The van der Waals surface area contributed by atoms with Gasteiger partial charge in [0.25, 0.3) is 5.91 Å². The van der Waals surface area contributed by atoms with Gasteiger partial charge in [-0.05, 0) is 28.5 Å². The van der Waals surface area contributed by atoms with E-state index in [9.17, 15) is 9.59 Å². The Morgan fingerprint density at radius 2 is 2.04 bits per heavy atom. The van der Waals surface area contributed by atoms with Crippen molar-refractivity contribution in [1.82, 2.24) is 15.1 Å². The van der Waals surface area contributed by atoms with E-state index in [1.54, 1.807) is 24.5 Å². The number of amides is 1. The Morgan fingerprint density at radius 3 is 2.76 bits per heavy atom. The van der Waals surface area contributed by atoms with Gasteiger partial charge in [0, 0.05) is 19.2 Å². The number of rotatable bonds is 6. The average molecular weight is 355 g/mol. The van der Waals surface area contributed by atoms with E-state index < -0.39 is 5.97 Å². The summed E-state index contributed by atoms with van der Waals surface area (Å²) in [5.74, 6) is -0.866. The summed E-state index contributed by atoms with van der Waals surface area (Å²) in [4.78, 5) is 25.7. The van der Waals surface area contributed by atoms with Gasteiger partial charge >= 0.3 is 5.97 Å². The van der Waals surface area contributed by atoms with Gasteiger partial charge in [0.05, 0.1) is 5.69 Å². The number of thiophene rings is 1. The lowest BCUT2D eigenvalue weighted by Crippen LogP contribution is -2.30. The number of carbonyl (C=O) groups is 2. The molecule has 128 valence electrons. The molecule has 6 nitrogen and oxygen atoms in total. The van der Waals surface area contributed by atoms with E-state index in [1.807, 2.05) is 47.2 Å². The van der Waals surface area contributed by atoms with E-state index in [4.69, 9.17) is 4.74 Å². The van der Waals surface area contributed by atoms with E-state index >= 15 is 0 Å². The molecule has 1 N–H and O–H groups in total. The van der Waals surface area contributed by atoms with Gasteiger partial charge in [-0.3, -0.25) is 9.89 Å². The molecule has 25 heavy (non-hydrogen) atoms. The maximum atomic E-state index is 12.1. The second-order valence-corrected chi connectivity index (χ2v) is 6.27. The van der Waals surface area contributed by atoms with Crippen LogP contribution in [0, 0.1) is 0 Å². The number of aromatic nitrogens is 2. The highest BCUT2D eigenvalue weighted by Crippen LogP contribution is 2.17. The van der Waals surface area contributed by atoms with E-state index in [2.05, 4.69) is 10.2 Å². The van der Waals surface area contributed by atoms with Crippen LogP contribution in [0.1, 0.15) is 16.1 Å². The van der Waals surface area contributed by atoms with Crippen molar-refractivity contribution in [3.63, 3.8) is 0 Å². The molecule has 0 fully saturated rings. The van der Waals surface area contributed by atoms with Crippen LogP contribution in [0.4, 0.5) is 0 Å². The fourth-order valence-electron chi connectivity index (χ4n) is 2.24. The summed E-state index contributed by atoms with van der Waals surface area (Å²) >= 11 is 1.57. The number of nitrogens with zero attached hydrogens (tertiary/aromatic N) is 2. The first-order valence-corrected chi connectivity index (χ1v) is 8.61. The van der Waals surface area contributed by atoms with Crippen LogP contribution < -0.4 is 0 Å². The number of nitrogens with one attached hydrogen (secondary N) is 1. The van der Waals surface area contributed by atoms with Gasteiger partial charge in [-0.1, -0.05) is 30.3 Å². The minimum atomic E-state index is -0.605. The van der Waals surface area contributed by atoms with Crippen LogP contribution in [0.5, 0.6) is 0 Å². The molecule has 0 spiro atoms. The molecular weight excluding hydrogens is 338 g/mol. The normalized spacial score (nSPS) is 10.4. The number of likely N-dealkylation sites (N-methyl/N-ethyl adjacent to an activating group) is 1. The first-order valence-electron chi connectivity index (χ1n) is 7.66. The number of esters is 1. The topological polar surface area (TPSA) is 75.3 Å². The predicted octanol–water partition coefficient (Wildman–Crippen LogP) is 2.95. The Bertz CT molecular complexity index is 844. The highest BCUT2D eigenvalue weighted by Gasteiger charge is 2.16. The van der Waals surface area contributed by atoms with Crippen molar-refractivity contribution < 1.29 is 14.3 Å². The Balaban J connectivity index is 1.54. The Kier molecular flexibility index (Phi) is 5.25. The second-order valence-electron chi connectivity index (χ2n) is 5.49. The highest BCUT2D eigenvalue weighted by atomic mass is 32.1. The van der Waals surface area contributed by atoms with Crippen molar-refractivity contribution >= 4 is 23.2 Å². The monoisotopic (exact) mass is 355 g/mol. The van der Waals surface area contributed by atoms with E-state index in [0.29, 0.717) is 12.2 Å². The number of ether oxygens (including phenoxy) is 1. The molecular formula is C18H17N3O3S. The van der Waals surface area contributed by atoms with Crippen molar-refractivity contribution in [2.75, 3.05) is 13.7 Å². The van der Waals surface area contributed by atoms with Gasteiger partial charge in [-0.2, -0.15) is 16.4 Å². The minimum absolute atomic E-state index is 0.215. The molecule has 3 aromatic rings. The fourth-order valence-corrected chi connectivity index (χ4v) is 2.90. The molecule has 0 radical (unpaired) electrons. The lowest BCUT2D eigenvalue weighted by Gasteiger charge is -2.16. The van der Waals surface area contributed by atoms with Crippen LogP contribution in [0.15, 0.2) is 53.2 Å². The van der Waals surface area contributed by atoms with E-state index in [-0.39, 0.29) is 18.2 Å². The SMILES string of the molecule is CN(Cc1ccsc1)C(=O)COC(=O)c1cc(-c2ccccc2)n[nH]1. The summed E-state index contributed by atoms with van der Waals surface area (Å²) in [6, 6.07) is 13.0. The Hall–Kier alpha value is -2.93. The molecule has 1 amide bonds. The van der Waals surface area contributed by atoms with Crippen LogP contribution >= 0.6 is 11.3 Å². The Labute approximate surface area is 149 Å². The van der Waals surface area contributed by atoms with Crippen LogP contribution in [0.3, 0.4) is 0 Å². The summed E-state index contributed by atoms with van der Waals surface area (Å²) in [6.07, 6.45) is 0. The molecule has 0 atom stereocenters. The standard InChI is InChI=1S/C18H17N3O3S/c1-21(10-13-7-8-25-12-13)17(22)11-24-18(23)16-9-15(19-20-16)14-5-3-2-4-6-14/h2-9,12H,10-11H2,1H3,(H,19,20). The van der Waals surface area contributed by atoms with Crippen LogP contribution in [0.25, 0.3) is 11.3 Å². The van der Waals surface area contributed by atoms with Crippen molar-refractivity contribution in [2.45, 2.75) is 6.54 Å². The van der Waals surface area contributed by atoms with Gasteiger partial charge in [0.2, 0.25) is 0 Å². The molecule has 0 unspecified atom stereocenters. The smallest absolute Gasteiger partial charge is 0.356 e. The summed E-state index contributed by atoms with van der Waals surface area (Å²) in [6.45, 7) is 0.182. The quantitative estimate of drug-likeness (QED) is 0.690. The molecule has 0 saturated heterocycles. The van der Waals surface area contributed by atoms with E-state index in [1.165, 1.54) is 4.90 Å². The molecule has 0 aliphatic heterocycles. The lowest BCUT2D eigenvalue weighted by atomic mass is 10.1. The fraction of sp³-hybridized carbons (Fsp3) is 0.167. The number of hydrogen-bond acceptors (Lipinski definition) is 5. The minimum Gasteiger partial charge on any atom is -0.451 e. The highest BCUT2D eigenvalue weighted by molar-refractivity contribution is 7.07.